The van der Waals surface area contributed by atoms with Crippen LogP contribution >= 0.6 is 0 Å². The lowest BCUT2D eigenvalue weighted by molar-refractivity contribution is 0.404. The second-order valence-corrected chi connectivity index (χ2v) is 8.65. The Hall–Kier alpha value is -5.90. The number of phenols is 5. The minimum atomic E-state index is -0.790. The first-order valence-electron chi connectivity index (χ1n) is 11.7. The lowest BCUT2D eigenvalue weighted by Gasteiger charge is -2.08. The molecule has 0 fully saturated rings. The van der Waals surface area contributed by atoms with Crippen LogP contribution in [0.4, 0.5) is 0 Å². The predicted molar refractivity (Wildman–Crippen MR) is 146 cm³/mol. The summed E-state index contributed by atoms with van der Waals surface area (Å²) < 4.78 is 10.4. The van der Waals surface area contributed by atoms with Gasteiger partial charge in [0.1, 0.15) is 51.4 Å². The summed E-state index contributed by atoms with van der Waals surface area (Å²) in [5.74, 6) is -1.59. The van der Waals surface area contributed by atoms with E-state index in [4.69, 9.17) is 8.83 Å². The second-order valence-electron chi connectivity index (χ2n) is 8.65. The number of phenolic OH excluding ortho intramolecular Hbond substituents is 5. The topological polar surface area (TPSA) is 182 Å². The Balaban J connectivity index is 0.000000161. The van der Waals surface area contributed by atoms with Gasteiger partial charge in [0.25, 0.3) is 0 Å². The molecule has 10 heteroatoms. The average Bonchev–Trinajstić information content (AvgIpc) is 2.92. The molecule has 0 bridgehead atoms. The first kappa shape index (κ1) is 25.7. The Morgan fingerprint density at radius 2 is 1.32 bits per heavy atom. The molecule has 0 amide bonds. The fraction of sp³-hybridized carbons (Fsp3) is 0. The van der Waals surface area contributed by atoms with Gasteiger partial charge in [-0.1, -0.05) is 30.3 Å². The average molecular weight is 540 g/mol. The molecule has 4 aromatic carbocycles. The molecule has 10 nitrogen and oxygen atoms in total. The summed E-state index contributed by atoms with van der Waals surface area (Å²) in [7, 11) is 0. The molecule has 0 unspecified atom stereocenters. The number of aromatic hydroxyl groups is 6. The van der Waals surface area contributed by atoms with Crippen LogP contribution in [0.5, 0.6) is 34.5 Å². The molecule has 0 radical (unpaired) electrons. The Morgan fingerprint density at radius 1 is 0.600 bits per heavy atom. The standard InChI is InChI=1S/2C15H10O5/c16-9-3-1-8(2-4-9)11-7-20-13-6-10(17)5-12(18)14(13)15(11)19;16-10-6-3-5-9(13(10)17)12-14(18)8-4-1-2-7-11(8)20-15(12)19/h2*1-7,16-18H. The van der Waals surface area contributed by atoms with Crippen molar-refractivity contribution in [2.45, 2.75) is 0 Å². The van der Waals surface area contributed by atoms with E-state index >= 15 is 0 Å². The van der Waals surface area contributed by atoms with E-state index in [1.807, 2.05) is 0 Å². The van der Waals surface area contributed by atoms with E-state index in [-0.39, 0.29) is 62.0 Å². The third-order valence-electron chi connectivity index (χ3n) is 6.09. The summed E-state index contributed by atoms with van der Waals surface area (Å²) in [5.41, 5.74) is -0.187. The monoisotopic (exact) mass is 540 g/mol. The second kappa shape index (κ2) is 10.1. The molecule has 2 aromatic heterocycles. The Kier molecular flexibility index (Phi) is 6.50. The van der Waals surface area contributed by atoms with Gasteiger partial charge in [0.05, 0.1) is 10.9 Å². The summed E-state index contributed by atoms with van der Waals surface area (Å²) in [6, 6.07) is 19.1. The third-order valence-corrected chi connectivity index (χ3v) is 6.09. The zero-order chi connectivity index (χ0) is 28.6. The van der Waals surface area contributed by atoms with E-state index < -0.39 is 16.8 Å². The quantitative estimate of drug-likeness (QED) is 0.127. The van der Waals surface area contributed by atoms with E-state index in [0.717, 1.165) is 6.07 Å². The van der Waals surface area contributed by atoms with Crippen molar-refractivity contribution in [3.05, 3.63) is 106 Å². The molecule has 2 heterocycles. The van der Waals surface area contributed by atoms with E-state index in [2.05, 4.69) is 0 Å². The van der Waals surface area contributed by atoms with Crippen LogP contribution in [0.1, 0.15) is 0 Å². The molecule has 0 saturated carbocycles. The fourth-order valence-electron chi connectivity index (χ4n) is 4.16. The Bertz CT molecular complexity index is 2000. The minimum absolute atomic E-state index is 0.00775. The predicted octanol–water partition coefficient (Wildman–Crippen LogP) is 5.15. The van der Waals surface area contributed by atoms with Crippen molar-refractivity contribution in [1.82, 2.24) is 0 Å². The summed E-state index contributed by atoms with van der Waals surface area (Å²) >= 11 is 0. The van der Waals surface area contributed by atoms with Crippen molar-refractivity contribution in [3.8, 4) is 56.8 Å². The SMILES string of the molecule is O=c1c(-c2ccc(O)cc2)coc2cc(O)cc(O)c12.O=c1oc2ccccc2c(O)c1-c1cccc(O)c1O. The molecular formula is C30H20O10. The van der Waals surface area contributed by atoms with Gasteiger partial charge in [0, 0.05) is 17.7 Å². The van der Waals surface area contributed by atoms with E-state index in [1.54, 1.807) is 36.4 Å². The van der Waals surface area contributed by atoms with Gasteiger partial charge in [-0.05, 0) is 42.0 Å². The molecule has 0 aliphatic rings. The molecule has 0 spiro atoms. The summed E-state index contributed by atoms with van der Waals surface area (Å²) in [6.45, 7) is 0. The number of hydrogen-bond acceptors (Lipinski definition) is 10. The van der Waals surface area contributed by atoms with Crippen molar-refractivity contribution >= 4 is 21.9 Å². The van der Waals surface area contributed by atoms with Crippen molar-refractivity contribution in [1.29, 1.82) is 0 Å². The molecule has 0 saturated heterocycles. The van der Waals surface area contributed by atoms with Gasteiger partial charge in [-0.3, -0.25) is 4.79 Å². The van der Waals surface area contributed by atoms with Crippen molar-refractivity contribution in [2.24, 2.45) is 0 Å². The highest BCUT2D eigenvalue weighted by molar-refractivity contribution is 5.91. The first-order valence-corrected chi connectivity index (χ1v) is 11.7. The molecular weight excluding hydrogens is 520 g/mol. The Labute approximate surface area is 224 Å². The van der Waals surface area contributed by atoms with Crippen LogP contribution in [0.2, 0.25) is 0 Å². The number of rotatable bonds is 2. The van der Waals surface area contributed by atoms with Crippen LogP contribution in [0.25, 0.3) is 44.2 Å². The molecule has 0 atom stereocenters. The largest absolute Gasteiger partial charge is 0.508 e. The van der Waals surface area contributed by atoms with Gasteiger partial charge in [0.15, 0.2) is 11.5 Å². The number of hydrogen-bond donors (Lipinski definition) is 6. The van der Waals surface area contributed by atoms with Gasteiger partial charge in [-0.15, -0.1) is 0 Å². The van der Waals surface area contributed by atoms with Crippen LogP contribution in [-0.4, -0.2) is 30.6 Å². The molecule has 6 rings (SSSR count). The summed E-state index contributed by atoms with van der Waals surface area (Å²) in [5, 5.41) is 58.3. The highest BCUT2D eigenvalue weighted by atomic mass is 16.4. The van der Waals surface area contributed by atoms with E-state index in [1.165, 1.54) is 42.7 Å². The third kappa shape index (κ3) is 4.61. The zero-order valence-electron chi connectivity index (χ0n) is 20.4. The highest BCUT2D eigenvalue weighted by Crippen LogP contribution is 2.40. The maximum atomic E-state index is 12.4. The van der Waals surface area contributed by atoms with Gasteiger partial charge in [0.2, 0.25) is 5.43 Å². The van der Waals surface area contributed by atoms with E-state index in [0.29, 0.717) is 10.9 Å². The molecule has 0 aliphatic heterocycles. The van der Waals surface area contributed by atoms with Crippen LogP contribution in [0.3, 0.4) is 0 Å². The summed E-state index contributed by atoms with van der Waals surface area (Å²) in [6.07, 6.45) is 1.26. The molecule has 0 aliphatic carbocycles. The lowest BCUT2D eigenvalue weighted by atomic mass is 10.0. The highest BCUT2D eigenvalue weighted by Gasteiger charge is 2.20. The maximum Gasteiger partial charge on any atom is 0.348 e. The van der Waals surface area contributed by atoms with Crippen LogP contribution in [0.15, 0.2) is 104 Å². The first-order chi connectivity index (χ1) is 19.2. The fourth-order valence-corrected chi connectivity index (χ4v) is 4.16. The lowest BCUT2D eigenvalue weighted by Crippen LogP contribution is -2.04. The minimum Gasteiger partial charge on any atom is -0.508 e. The van der Waals surface area contributed by atoms with E-state index in [9.17, 15) is 40.2 Å². The normalized spacial score (nSPS) is 10.8. The number of para-hydroxylation sites is 2. The van der Waals surface area contributed by atoms with Gasteiger partial charge >= 0.3 is 5.63 Å². The van der Waals surface area contributed by atoms with Crippen LogP contribution in [0, 0.1) is 0 Å². The number of fused-ring (bicyclic) bond motifs is 2. The van der Waals surface area contributed by atoms with Crippen molar-refractivity contribution in [3.63, 3.8) is 0 Å². The summed E-state index contributed by atoms with van der Waals surface area (Å²) in [4.78, 5) is 24.4. The Morgan fingerprint density at radius 3 is 2.08 bits per heavy atom. The molecule has 6 N–H and O–H groups in total. The van der Waals surface area contributed by atoms with Gasteiger partial charge < -0.3 is 39.5 Å². The smallest absolute Gasteiger partial charge is 0.348 e. The van der Waals surface area contributed by atoms with Crippen LogP contribution < -0.4 is 11.1 Å². The van der Waals surface area contributed by atoms with Crippen LogP contribution in [-0.2, 0) is 0 Å². The van der Waals surface area contributed by atoms with Gasteiger partial charge in [-0.2, -0.15) is 0 Å². The molecule has 6 aromatic rings. The maximum absolute atomic E-state index is 12.4. The van der Waals surface area contributed by atoms with Crippen molar-refractivity contribution in [2.75, 3.05) is 0 Å². The molecule has 40 heavy (non-hydrogen) atoms. The zero-order valence-corrected chi connectivity index (χ0v) is 20.4. The number of benzene rings is 4. The molecule has 200 valence electrons. The van der Waals surface area contributed by atoms with Crippen molar-refractivity contribution < 1.29 is 39.5 Å². The van der Waals surface area contributed by atoms with Gasteiger partial charge in [-0.25, -0.2) is 4.79 Å².